The second kappa shape index (κ2) is 6.19. The van der Waals surface area contributed by atoms with Crippen LogP contribution < -0.4 is 0 Å². The minimum Gasteiger partial charge on any atom is -0.300 e. The number of nitrogens with zero attached hydrogens (tertiary/aromatic N) is 2. The highest BCUT2D eigenvalue weighted by Crippen LogP contribution is 2.21. The zero-order valence-corrected chi connectivity index (χ0v) is 11.8. The molecule has 0 aliphatic carbocycles. The quantitative estimate of drug-likeness (QED) is 0.840. The van der Waals surface area contributed by atoms with E-state index in [1.165, 1.54) is 37.9 Å². The van der Waals surface area contributed by atoms with Crippen LogP contribution in [0.3, 0.4) is 0 Å². The Hall–Kier alpha value is -1.00. The van der Waals surface area contributed by atoms with Gasteiger partial charge >= 0.3 is 0 Å². The number of benzene rings is 1. The van der Waals surface area contributed by atoms with Gasteiger partial charge < -0.3 is 4.90 Å². The molecule has 2 saturated heterocycles. The summed E-state index contributed by atoms with van der Waals surface area (Å²) in [5.41, 5.74) is 0.758. The summed E-state index contributed by atoms with van der Waals surface area (Å²) in [6.45, 7) is 5.47. The number of fused-ring (bicyclic) bond motifs is 1. The normalized spacial score (nSPS) is 24.6. The molecule has 0 bridgehead atoms. The largest absolute Gasteiger partial charge is 0.300 e. The van der Waals surface area contributed by atoms with E-state index in [0.29, 0.717) is 6.04 Å². The van der Waals surface area contributed by atoms with E-state index in [9.17, 15) is 8.78 Å². The molecule has 0 N–H and O–H groups in total. The summed E-state index contributed by atoms with van der Waals surface area (Å²) in [6.07, 6.45) is 4.69. The molecule has 0 spiro atoms. The molecule has 0 saturated carbocycles. The Morgan fingerprint density at radius 2 is 1.80 bits per heavy atom. The Morgan fingerprint density at radius 1 is 1.00 bits per heavy atom. The van der Waals surface area contributed by atoms with E-state index in [-0.39, 0.29) is 0 Å². The van der Waals surface area contributed by atoms with Crippen LogP contribution in [-0.2, 0) is 6.42 Å². The molecule has 2 nitrogen and oxygen atoms in total. The highest BCUT2D eigenvalue weighted by Gasteiger charge is 2.28. The van der Waals surface area contributed by atoms with E-state index >= 15 is 0 Å². The SMILES string of the molecule is Fc1cc(F)cc(CCN2CCN3CCCCC3C2)c1. The number of rotatable bonds is 3. The van der Waals surface area contributed by atoms with Crippen molar-refractivity contribution in [1.82, 2.24) is 9.80 Å². The van der Waals surface area contributed by atoms with Gasteiger partial charge in [0.05, 0.1) is 0 Å². The molecule has 0 aromatic heterocycles. The molecular weight excluding hydrogens is 258 g/mol. The van der Waals surface area contributed by atoms with Gasteiger partial charge in [-0.05, 0) is 43.5 Å². The van der Waals surface area contributed by atoms with Crippen molar-refractivity contribution in [3.8, 4) is 0 Å². The smallest absolute Gasteiger partial charge is 0.126 e. The predicted molar refractivity (Wildman–Crippen MR) is 75.7 cm³/mol. The number of hydrogen-bond donors (Lipinski definition) is 0. The van der Waals surface area contributed by atoms with Crippen LogP contribution in [0, 0.1) is 11.6 Å². The van der Waals surface area contributed by atoms with Crippen molar-refractivity contribution in [2.75, 3.05) is 32.7 Å². The average Bonchev–Trinajstić information content (AvgIpc) is 2.44. The van der Waals surface area contributed by atoms with Gasteiger partial charge in [-0.25, -0.2) is 8.78 Å². The third-order valence-electron chi connectivity index (χ3n) is 4.56. The zero-order chi connectivity index (χ0) is 13.9. The Balaban J connectivity index is 1.53. The first kappa shape index (κ1) is 14.0. The van der Waals surface area contributed by atoms with Gasteiger partial charge in [0, 0.05) is 38.3 Å². The number of piperazine rings is 1. The molecule has 1 unspecified atom stereocenters. The van der Waals surface area contributed by atoms with Crippen molar-refractivity contribution in [2.45, 2.75) is 31.7 Å². The average molecular weight is 280 g/mol. The van der Waals surface area contributed by atoms with Gasteiger partial charge in [-0.15, -0.1) is 0 Å². The Bertz CT molecular complexity index is 444. The van der Waals surface area contributed by atoms with E-state index in [1.807, 2.05) is 0 Å². The molecule has 1 atom stereocenters. The fraction of sp³-hybridized carbons (Fsp3) is 0.625. The Labute approximate surface area is 119 Å². The maximum absolute atomic E-state index is 13.2. The minimum absolute atomic E-state index is 0.475. The first-order valence-electron chi connectivity index (χ1n) is 7.62. The predicted octanol–water partition coefficient (Wildman–Crippen LogP) is 2.68. The maximum atomic E-state index is 13.2. The first-order valence-corrected chi connectivity index (χ1v) is 7.62. The lowest BCUT2D eigenvalue weighted by molar-refractivity contribution is 0.0500. The second-order valence-electron chi connectivity index (χ2n) is 6.01. The molecule has 3 rings (SSSR count). The van der Waals surface area contributed by atoms with Crippen LogP contribution in [0.4, 0.5) is 8.78 Å². The summed E-state index contributed by atoms with van der Waals surface area (Å²) in [5, 5.41) is 0. The van der Waals surface area contributed by atoms with Crippen LogP contribution in [0.1, 0.15) is 24.8 Å². The highest BCUT2D eigenvalue weighted by atomic mass is 19.1. The van der Waals surface area contributed by atoms with Crippen LogP contribution in [0.2, 0.25) is 0 Å². The molecule has 2 heterocycles. The van der Waals surface area contributed by atoms with Crippen LogP contribution >= 0.6 is 0 Å². The topological polar surface area (TPSA) is 6.48 Å². The van der Waals surface area contributed by atoms with Crippen molar-refractivity contribution >= 4 is 0 Å². The van der Waals surface area contributed by atoms with Crippen molar-refractivity contribution in [2.24, 2.45) is 0 Å². The summed E-state index contributed by atoms with van der Waals surface area (Å²) in [7, 11) is 0. The first-order chi connectivity index (χ1) is 9.70. The van der Waals surface area contributed by atoms with Gasteiger partial charge in [0.2, 0.25) is 0 Å². The third-order valence-corrected chi connectivity index (χ3v) is 4.56. The van der Waals surface area contributed by atoms with Gasteiger partial charge in [0.1, 0.15) is 11.6 Å². The summed E-state index contributed by atoms with van der Waals surface area (Å²) < 4.78 is 26.3. The standard InChI is InChI=1S/C16H22F2N2/c17-14-9-13(10-15(18)11-14)4-6-19-7-8-20-5-2-1-3-16(20)12-19/h9-11,16H,1-8,12H2. The molecule has 2 aliphatic heterocycles. The Morgan fingerprint density at radius 3 is 2.60 bits per heavy atom. The van der Waals surface area contributed by atoms with E-state index in [4.69, 9.17) is 0 Å². The van der Waals surface area contributed by atoms with E-state index < -0.39 is 11.6 Å². The van der Waals surface area contributed by atoms with Gasteiger partial charge in [-0.3, -0.25) is 4.90 Å². The molecule has 2 fully saturated rings. The number of hydrogen-bond acceptors (Lipinski definition) is 2. The van der Waals surface area contributed by atoms with Crippen molar-refractivity contribution in [3.63, 3.8) is 0 Å². The summed E-state index contributed by atoms with van der Waals surface area (Å²) in [5.74, 6) is -0.950. The molecule has 0 radical (unpaired) electrons. The highest BCUT2D eigenvalue weighted by molar-refractivity contribution is 5.18. The zero-order valence-electron chi connectivity index (χ0n) is 11.8. The van der Waals surface area contributed by atoms with Gasteiger partial charge in [-0.2, -0.15) is 0 Å². The van der Waals surface area contributed by atoms with Crippen LogP contribution in [0.5, 0.6) is 0 Å². The Kier molecular flexibility index (Phi) is 4.32. The van der Waals surface area contributed by atoms with E-state index in [1.54, 1.807) is 0 Å². The van der Waals surface area contributed by atoms with E-state index in [0.717, 1.165) is 44.2 Å². The lowest BCUT2D eigenvalue weighted by Gasteiger charge is -2.44. The van der Waals surface area contributed by atoms with Crippen molar-refractivity contribution in [1.29, 1.82) is 0 Å². The van der Waals surface area contributed by atoms with Crippen LogP contribution in [0.15, 0.2) is 18.2 Å². The lowest BCUT2D eigenvalue weighted by atomic mass is 9.99. The van der Waals surface area contributed by atoms with Crippen LogP contribution in [0.25, 0.3) is 0 Å². The second-order valence-corrected chi connectivity index (χ2v) is 6.01. The summed E-state index contributed by atoms with van der Waals surface area (Å²) in [6, 6.07) is 4.52. The fourth-order valence-corrected chi connectivity index (χ4v) is 3.47. The third kappa shape index (κ3) is 3.36. The molecule has 4 heteroatoms. The van der Waals surface area contributed by atoms with E-state index in [2.05, 4.69) is 9.80 Å². The maximum Gasteiger partial charge on any atom is 0.126 e. The molecule has 20 heavy (non-hydrogen) atoms. The van der Waals surface area contributed by atoms with Crippen LogP contribution in [-0.4, -0.2) is 48.6 Å². The number of piperidine rings is 1. The molecule has 1 aromatic rings. The van der Waals surface area contributed by atoms with Gasteiger partial charge in [-0.1, -0.05) is 6.42 Å². The monoisotopic (exact) mass is 280 g/mol. The van der Waals surface area contributed by atoms with Crippen molar-refractivity contribution < 1.29 is 8.78 Å². The fourth-order valence-electron chi connectivity index (χ4n) is 3.47. The number of halogens is 2. The molecule has 1 aromatic carbocycles. The van der Waals surface area contributed by atoms with Crippen molar-refractivity contribution in [3.05, 3.63) is 35.4 Å². The molecule has 110 valence electrons. The summed E-state index contributed by atoms with van der Waals surface area (Å²) >= 11 is 0. The van der Waals surface area contributed by atoms with Gasteiger partial charge in [0.25, 0.3) is 0 Å². The summed E-state index contributed by atoms with van der Waals surface area (Å²) in [4.78, 5) is 5.04. The van der Waals surface area contributed by atoms with Gasteiger partial charge in [0.15, 0.2) is 0 Å². The molecular formula is C16H22F2N2. The minimum atomic E-state index is -0.475. The lowest BCUT2D eigenvalue weighted by Crippen LogP contribution is -2.55. The molecule has 2 aliphatic rings. The molecule has 0 amide bonds.